The Balaban J connectivity index is 2.27. The number of nitrogens with zero attached hydrogens (tertiary/aromatic N) is 1. The average Bonchev–Trinajstić information content (AvgIpc) is 3.53. The summed E-state index contributed by atoms with van der Waals surface area (Å²) < 4.78 is 17.4. The van der Waals surface area contributed by atoms with E-state index in [2.05, 4.69) is 27.8 Å². The fourth-order valence-corrected chi connectivity index (χ4v) is 7.16. The Kier molecular flexibility index (Phi) is 17.1. The molecular weight excluding hydrogens is 685 g/mol. The highest BCUT2D eigenvalue weighted by Crippen LogP contribution is 2.33. The van der Waals surface area contributed by atoms with Gasteiger partial charge in [0.25, 0.3) is 5.91 Å². The highest BCUT2D eigenvalue weighted by Gasteiger charge is 2.48. The maximum absolute atomic E-state index is 14.4. The Morgan fingerprint density at radius 1 is 1.04 bits per heavy atom. The maximum Gasteiger partial charge on any atom is 0.315 e. The molecule has 6 atom stereocenters. The van der Waals surface area contributed by atoms with E-state index in [0.717, 1.165) is 5.56 Å². The highest BCUT2D eigenvalue weighted by atomic mass is 32.2. The van der Waals surface area contributed by atoms with Crippen LogP contribution in [0.25, 0.3) is 0 Å². The van der Waals surface area contributed by atoms with Crippen molar-refractivity contribution in [2.75, 3.05) is 26.7 Å². The van der Waals surface area contributed by atoms with Crippen molar-refractivity contribution >= 4 is 40.6 Å². The number of nitrogens with two attached hydrogens (primary N) is 1. The highest BCUT2D eigenvalue weighted by molar-refractivity contribution is 7.80. The molecule has 0 aliphatic carbocycles. The Labute approximate surface area is 312 Å². The van der Waals surface area contributed by atoms with E-state index in [0.29, 0.717) is 37.4 Å². The fourth-order valence-electron chi connectivity index (χ4n) is 6.43. The lowest BCUT2D eigenvalue weighted by atomic mass is 9.84. The molecule has 1 aliphatic heterocycles. The molecule has 0 spiro atoms. The number of quaternary nitrogens is 1. The monoisotopic (exact) mass is 747 g/mol. The van der Waals surface area contributed by atoms with Crippen LogP contribution in [-0.2, 0) is 41.0 Å². The van der Waals surface area contributed by atoms with Crippen molar-refractivity contribution in [1.82, 2.24) is 26.2 Å². The first kappa shape index (κ1) is 44.5. The minimum atomic E-state index is -1.58. The van der Waals surface area contributed by atoms with Crippen LogP contribution in [0.2, 0.25) is 0 Å². The molecule has 0 radical (unpaired) electrons. The van der Waals surface area contributed by atoms with Gasteiger partial charge in [0, 0.05) is 18.7 Å². The third kappa shape index (κ3) is 12.5. The molecule has 1 fully saturated rings. The summed E-state index contributed by atoms with van der Waals surface area (Å²) in [4.78, 5) is 69.7. The minimum absolute atomic E-state index is 0.0411. The number of nitrogens with one attached hydrogen (secondary N) is 4. The molecule has 1 aliphatic rings. The predicted molar refractivity (Wildman–Crippen MR) is 202 cm³/mol. The summed E-state index contributed by atoms with van der Waals surface area (Å²) in [5.74, 6) is -2.60. The second-order valence-corrected chi connectivity index (χ2v) is 17.2. The third-order valence-corrected chi connectivity index (χ3v) is 10.6. The molecule has 1 heterocycles. The molecular formula is C38H63N6O7S+. The van der Waals surface area contributed by atoms with Crippen LogP contribution in [-0.4, -0.2) is 89.6 Å². The summed E-state index contributed by atoms with van der Waals surface area (Å²) in [6.07, 6.45) is 2.84. The SMILES string of the molecule is C=CCNC(=O)C(=O)C(CCC)NC(=O)[C@@H]1[C@@H](C(C)C)CCN1C(=O)[C@@H](NC(=O)N[C@H](C[NH2+]Cc1ccccc1S(=O)OC)C(C)(C)C)C(C)(C)C. The largest absolute Gasteiger partial charge is 0.346 e. The van der Waals surface area contributed by atoms with Crippen molar-refractivity contribution in [3.63, 3.8) is 0 Å². The Hall–Kier alpha value is -3.62. The van der Waals surface area contributed by atoms with Crippen molar-refractivity contribution in [2.24, 2.45) is 22.7 Å². The number of ketones is 1. The molecule has 2 rings (SSSR count). The number of rotatable bonds is 18. The first-order valence-corrected chi connectivity index (χ1v) is 19.3. The van der Waals surface area contributed by atoms with Crippen molar-refractivity contribution in [3.8, 4) is 0 Å². The normalized spacial score (nSPS) is 18.6. The molecule has 5 amide bonds. The lowest BCUT2D eigenvalue weighted by Crippen LogP contribution is -2.87. The van der Waals surface area contributed by atoms with E-state index in [-0.39, 0.29) is 36.3 Å². The number of carbonyl (C=O) groups excluding carboxylic acids is 5. The van der Waals surface area contributed by atoms with E-state index >= 15 is 0 Å². The number of amides is 5. The van der Waals surface area contributed by atoms with Crippen LogP contribution in [0.5, 0.6) is 0 Å². The first-order valence-electron chi connectivity index (χ1n) is 18.2. The van der Waals surface area contributed by atoms with Gasteiger partial charge in [0.05, 0.1) is 30.6 Å². The van der Waals surface area contributed by atoms with Gasteiger partial charge in [-0.25, -0.2) is 9.00 Å². The molecule has 1 saturated heterocycles. The molecule has 1 aromatic rings. The van der Waals surface area contributed by atoms with E-state index in [1.54, 1.807) is 6.07 Å². The quantitative estimate of drug-likeness (QED) is 0.113. The van der Waals surface area contributed by atoms with Gasteiger partial charge in [-0.2, -0.15) is 0 Å². The van der Waals surface area contributed by atoms with E-state index < -0.39 is 64.2 Å². The van der Waals surface area contributed by atoms with Crippen LogP contribution in [0.3, 0.4) is 0 Å². The van der Waals surface area contributed by atoms with Gasteiger partial charge in [0.2, 0.25) is 17.6 Å². The molecule has 0 saturated carbocycles. The van der Waals surface area contributed by atoms with Crippen molar-refractivity contribution < 1.29 is 37.7 Å². The summed E-state index contributed by atoms with van der Waals surface area (Å²) in [7, 11) is 1.39. The number of hydrogen-bond acceptors (Lipinski definition) is 7. The number of benzene rings is 1. The molecule has 52 heavy (non-hydrogen) atoms. The number of likely N-dealkylation sites (tertiary alicyclic amines) is 1. The Bertz CT molecular complexity index is 1440. The van der Waals surface area contributed by atoms with Gasteiger partial charge in [0.1, 0.15) is 18.6 Å². The zero-order valence-electron chi connectivity index (χ0n) is 32.8. The summed E-state index contributed by atoms with van der Waals surface area (Å²) in [6.45, 7) is 22.5. The molecule has 14 heteroatoms. The molecule has 13 nitrogen and oxygen atoms in total. The van der Waals surface area contributed by atoms with Gasteiger partial charge in [-0.05, 0) is 41.6 Å². The molecule has 0 aromatic heterocycles. The maximum atomic E-state index is 14.4. The van der Waals surface area contributed by atoms with Crippen LogP contribution in [0, 0.1) is 22.7 Å². The first-order chi connectivity index (χ1) is 24.3. The topological polar surface area (TPSA) is 180 Å². The number of hydrogen-bond donors (Lipinski definition) is 5. The number of urea groups is 1. The third-order valence-electron chi connectivity index (χ3n) is 9.50. The van der Waals surface area contributed by atoms with Crippen LogP contribution < -0.4 is 26.6 Å². The van der Waals surface area contributed by atoms with E-state index in [1.165, 1.54) is 18.1 Å². The standard InChI is InChI=1S/C38H62N6O7S/c1-12-16-27(31(45)34(47)40-20-13-2)41-33(46)30-26(24(3)4)19-21-44(30)35(48)32(38(8,9)10)43-36(49)42-29(37(5,6)7)23-39-22-25-17-14-15-18-28(25)52(50)51-11/h13-15,17-18,24,26-27,29-30,32,39H,2,12,16,19-23H2,1,3-11H3,(H,40,47)(H,41,46)(H2,42,43,49)/p+1/t26-,27?,29-,30+,32-,52?/m1/s1. The zero-order chi connectivity index (χ0) is 39.4. The number of carbonyl (C=O) groups is 5. The van der Waals surface area contributed by atoms with E-state index in [4.69, 9.17) is 4.18 Å². The van der Waals surface area contributed by atoms with Crippen molar-refractivity contribution in [3.05, 3.63) is 42.5 Å². The molecule has 6 N–H and O–H groups in total. The zero-order valence-corrected chi connectivity index (χ0v) is 33.6. The van der Waals surface area contributed by atoms with E-state index in [1.807, 2.05) is 85.8 Å². The Morgan fingerprint density at radius 3 is 2.25 bits per heavy atom. The summed E-state index contributed by atoms with van der Waals surface area (Å²) in [5.41, 5.74) is -0.204. The predicted octanol–water partition coefficient (Wildman–Crippen LogP) is 2.58. The summed E-state index contributed by atoms with van der Waals surface area (Å²) in [5, 5.41) is 13.3. The smallest absolute Gasteiger partial charge is 0.315 e. The van der Waals surface area contributed by atoms with Gasteiger partial charge in [-0.15, -0.1) is 6.58 Å². The van der Waals surface area contributed by atoms with Gasteiger partial charge < -0.3 is 31.5 Å². The molecule has 1 aromatic carbocycles. The van der Waals surface area contributed by atoms with Crippen LogP contribution in [0.4, 0.5) is 4.79 Å². The molecule has 0 bridgehead atoms. The summed E-state index contributed by atoms with van der Waals surface area (Å²) >= 11 is -1.58. The summed E-state index contributed by atoms with van der Waals surface area (Å²) in [6, 6.07) is 3.61. The Morgan fingerprint density at radius 2 is 1.69 bits per heavy atom. The lowest BCUT2D eigenvalue weighted by molar-refractivity contribution is -0.674. The van der Waals surface area contributed by atoms with E-state index in [9.17, 15) is 28.2 Å². The van der Waals surface area contributed by atoms with Crippen LogP contribution in [0.15, 0.2) is 41.8 Å². The van der Waals surface area contributed by atoms with Crippen LogP contribution in [0.1, 0.15) is 87.1 Å². The van der Waals surface area contributed by atoms with Gasteiger partial charge >= 0.3 is 6.03 Å². The second kappa shape index (κ2) is 20.0. The van der Waals surface area contributed by atoms with Gasteiger partial charge in [-0.1, -0.05) is 93.0 Å². The molecule has 292 valence electrons. The van der Waals surface area contributed by atoms with Gasteiger partial charge in [0.15, 0.2) is 11.1 Å². The average molecular weight is 748 g/mol. The molecule has 2 unspecified atom stereocenters. The minimum Gasteiger partial charge on any atom is -0.346 e. The lowest BCUT2D eigenvalue weighted by Gasteiger charge is -2.37. The number of Topliss-reactive ketones (excluding diaryl/α,β-unsaturated/α-hetero) is 1. The van der Waals surface area contributed by atoms with Crippen LogP contribution >= 0.6 is 0 Å². The van der Waals surface area contributed by atoms with Crippen molar-refractivity contribution in [2.45, 2.75) is 117 Å². The van der Waals surface area contributed by atoms with Crippen molar-refractivity contribution in [1.29, 1.82) is 0 Å². The fraction of sp³-hybridized carbons (Fsp3) is 0.658. The van der Waals surface area contributed by atoms with Gasteiger partial charge in [-0.3, -0.25) is 23.4 Å². The second-order valence-electron chi connectivity index (χ2n) is 16.0.